The summed E-state index contributed by atoms with van der Waals surface area (Å²) in [6.45, 7) is 0. The second-order valence-corrected chi connectivity index (χ2v) is 5.29. The van der Waals surface area contributed by atoms with Gasteiger partial charge in [0.2, 0.25) is 0 Å². The fraction of sp³-hybridized carbons (Fsp3) is 0.0909. The number of halogens is 3. The van der Waals surface area contributed by atoms with Crippen molar-refractivity contribution < 1.29 is 4.39 Å². The zero-order chi connectivity index (χ0) is 10.8. The standard InChI is InChI=1S/C11H7BrClFS/c12-10(11-8(13)5-6-15-11)7-3-1-2-4-9(7)14/h1-6,10H. The monoisotopic (exact) mass is 304 g/mol. The average Bonchev–Trinajstić information content (AvgIpc) is 2.64. The summed E-state index contributed by atoms with van der Waals surface area (Å²) < 4.78 is 13.5. The lowest BCUT2D eigenvalue weighted by Crippen LogP contribution is -1.94. The molecular weight excluding hydrogens is 299 g/mol. The molecule has 0 saturated carbocycles. The normalized spacial score (nSPS) is 12.7. The van der Waals surface area contributed by atoms with Gasteiger partial charge in [-0.1, -0.05) is 45.7 Å². The molecule has 1 aromatic heterocycles. The summed E-state index contributed by atoms with van der Waals surface area (Å²) in [4.78, 5) is 0.757. The summed E-state index contributed by atoms with van der Waals surface area (Å²) in [5.74, 6) is -0.219. The maximum atomic E-state index is 13.5. The van der Waals surface area contributed by atoms with E-state index in [0.717, 1.165) is 4.88 Å². The molecule has 0 spiro atoms. The van der Waals surface area contributed by atoms with Crippen molar-refractivity contribution in [2.45, 2.75) is 4.83 Å². The predicted molar refractivity (Wildman–Crippen MR) is 66.5 cm³/mol. The highest BCUT2D eigenvalue weighted by Gasteiger charge is 2.17. The van der Waals surface area contributed by atoms with Crippen molar-refractivity contribution in [3.05, 3.63) is 57.0 Å². The van der Waals surface area contributed by atoms with E-state index in [0.29, 0.717) is 10.6 Å². The first kappa shape index (κ1) is 11.1. The first-order chi connectivity index (χ1) is 7.20. The van der Waals surface area contributed by atoms with Crippen molar-refractivity contribution >= 4 is 38.9 Å². The zero-order valence-electron chi connectivity index (χ0n) is 7.58. The minimum absolute atomic E-state index is 0.175. The molecule has 15 heavy (non-hydrogen) atoms. The molecule has 0 nitrogen and oxygen atoms in total. The third-order valence-corrected chi connectivity index (χ3v) is 4.73. The van der Waals surface area contributed by atoms with Crippen LogP contribution in [0.1, 0.15) is 15.3 Å². The number of benzene rings is 1. The Morgan fingerprint density at radius 3 is 2.60 bits per heavy atom. The minimum atomic E-state index is -0.219. The van der Waals surface area contributed by atoms with Crippen LogP contribution in [-0.2, 0) is 0 Å². The van der Waals surface area contributed by atoms with Gasteiger partial charge in [0.1, 0.15) is 5.82 Å². The molecule has 1 unspecified atom stereocenters. The van der Waals surface area contributed by atoms with Crippen molar-refractivity contribution in [3.63, 3.8) is 0 Å². The van der Waals surface area contributed by atoms with Crippen LogP contribution >= 0.6 is 38.9 Å². The van der Waals surface area contributed by atoms with Gasteiger partial charge in [-0.15, -0.1) is 11.3 Å². The van der Waals surface area contributed by atoms with E-state index in [4.69, 9.17) is 11.6 Å². The van der Waals surface area contributed by atoms with E-state index in [2.05, 4.69) is 15.9 Å². The Morgan fingerprint density at radius 2 is 2.00 bits per heavy atom. The van der Waals surface area contributed by atoms with Crippen LogP contribution in [-0.4, -0.2) is 0 Å². The van der Waals surface area contributed by atoms with E-state index < -0.39 is 0 Å². The van der Waals surface area contributed by atoms with Crippen molar-refractivity contribution in [1.82, 2.24) is 0 Å². The summed E-state index contributed by atoms with van der Waals surface area (Å²) in [6.07, 6.45) is 0. The topological polar surface area (TPSA) is 0 Å². The summed E-state index contributed by atoms with van der Waals surface area (Å²) in [7, 11) is 0. The van der Waals surface area contributed by atoms with Gasteiger partial charge in [0.05, 0.1) is 9.85 Å². The second kappa shape index (κ2) is 4.64. The third-order valence-electron chi connectivity index (χ3n) is 2.05. The van der Waals surface area contributed by atoms with Crippen LogP contribution in [0.25, 0.3) is 0 Å². The summed E-state index contributed by atoms with van der Waals surface area (Å²) in [5.41, 5.74) is 0.613. The molecule has 4 heteroatoms. The molecular formula is C11H7BrClFS. The maximum Gasteiger partial charge on any atom is 0.127 e. The van der Waals surface area contributed by atoms with Gasteiger partial charge >= 0.3 is 0 Å². The number of alkyl halides is 1. The van der Waals surface area contributed by atoms with Gasteiger partial charge in [-0.05, 0) is 17.5 Å². The maximum absolute atomic E-state index is 13.5. The van der Waals surface area contributed by atoms with Crippen LogP contribution in [0.15, 0.2) is 35.7 Å². The highest BCUT2D eigenvalue weighted by Crippen LogP contribution is 2.39. The molecule has 2 rings (SSSR count). The van der Waals surface area contributed by atoms with Gasteiger partial charge in [0.15, 0.2) is 0 Å². The molecule has 2 aromatic rings. The lowest BCUT2D eigenvalue weighted by atomic mass is 10.1. The van der Waals surface area contributed by atoms with Gasteiger partial charge in [-0.25, -0.2) is 4.39 Å². The molecule has 0 fully saturated rings. The van der Waals surface area contributed by atoms with Crippen LogP contribution < -0.4 is 0 Å². The van der Waals surface area contributed by atoms with Crippen LogP contribution in [0.3, 0.4) is 0 Å². The van der Waals surface area contributed by atoms with E-state index in [-0.39, 0.29) is 10.6 Å². The van der Waals surface area contributed by atoms with Crippen LogP contribution in [0.4, 0.5) is 4.39 Å². The first-order valence-corrected chi connectivity index (χ1v) is 6.49. The Balaban J connectivity index is 2.41. The highest BCUT2D eigenvalue weighted by molar-refractivity contribution is 9.09. The second-order valence-electron chi connectivity index (χ2n) is 3.02. The third kappa shape index (κ3) is 2.25. The average molecular weight is 306 g/mol. The van der Waals surface area contributed by atoms with Crippen LogP contribution in [0, 0.1) is 5.82 Å². The molecule has 78 valence electrons. The van der Waals surface area contributed by atoms with Gasteiger partial charge in [-0.3, -0.25) is 0 Å². The van der Waals surface area contributed by atoms with E-state index in [9.17, 15) is 4.39 Å². The molecule has 0 radical (unpaired) electrons. The summed E-state index contributed by atoms with van der Waals surface area (Å²) in [5, 5.41) is 2.57. The van der Waals surface area contributed by atoms with Gasteiger partial charge in [0.25, 0.3) is 0 Å². The number of rotatable bonds is 2. The molecule has 1 heterocycles. The van der Waals surface area contributed by atoms with E-state index in [1.807, 2.05) is 17.5 Å². The molecule has 0 saturated heterocycles. The van der Waals surface area contributed by atoms with Gasteiger partial charge in [0, 0.05) is 10.4 Å². The molecule has 0 N–H and O–H groups in total. The Morgan fingerprint density at radius 1 is 1.27 bits per heavy atom. The Bertz CT molecular complexity index is 469. The minimum Gasteiger partial charge on any atom is -0.207 e. The SMILES string of the molecule is Fc1ccccc1C(Br)c1sccc1Cl. The Hall–Kier alpha value is -0.380. The quantitative estimate of drug-likeness (QED) is 0.683. The smallest absolute Gasteiger partial charge is 0.127 e. The lowest BCUT2D eigenvalue weighted by Gasteiger charge is -2.09. The zero-order valence-corrected chi connectivity index (χ0v) is 10.7. The molecule has 0 aliphatic carbocycles. The molecule has 1 atom stereocenters. The van der Waals surface area contributed by atoms with Crippen LogP contribution in [0.5, 0.6) is 0 Å². The molecule has 0 aliphatic heterocycles. The first-order valence-electron chi connectivity index (χ1n) is 4.31. The molecule has 0 bridgehead atoms. The van der Waals surface area contributed by atoms with E-state index in [1.165, 1.54) is 17.4 Å². The van der Waals surface area contributed by atoms with Gasteiger partial charge in [-0.2, -0.15) is 0 Å². The van der Waals surface area contributed by atoms with Crippen molar-refractivity contribution in [1.29, 1.82) is 0 Å². The highest BCUT2D eigenvalue weighted by atomic mass is 79.9. The summed E-state index contributed by atoms with van der Waals surface area (Å²) in [6, 6.07) is 8.51. The van der Waals surface area contributed by atoms with E-state index in [1.54, 1.807) is 12.1 Å². The lowest BCUT2D eigenvalue weighted by molar-refractivity contribution is 0.614. The fourth-order valence-electron chi connectivity index (χ4n) is 1.31. The largest absolute Gasteiger partial charge is 0.207 e. The van der Waals surface area contributed by atoms with E-state index >= 15 is 0 Å². The van der Waals surface area contributed by atoms with Crippen molar-refractivity contribution in [2.24, 2.45) is 0 Å². The Labute approximate surface area is 105 Å². The van der Waals surface area contributed by atoms with Crippen LogP contribution in [0.2, 0.25) is 5.02 Å². The van der Waals surface area contributed by atoms with Crippen molar-refractivity contribution in [3.8, 4) is 0 Å². The number of thiophene rings is 1. The fourth-order valence-corrected chi connectivity index (χ4v) is 3.54. The number of hydrogen-bond acceptors (Lipinski definition) is 1. The molecule has 0 amide bonds. The molecule has 1 aromatic carbocycles. The number of hydrogen-bond donors (Lipinski definition) is 0. The summed E-state index contributed by atoms with van der Waals surface area (Å²) >= 11 is 11.0. The Kier molecular flexibility index (Phi) is 3.44. The predicted octanol–water partition coefficient (Wildman–Crippen LogP) is 5.02. The van der Waals surface area contributed by atoms with Gasteiger partial charge < -0.3 is 0 Å². The van der Waals surface area contributed by atoms with Crippen molar-refractivity contribution in [2.75, 3.05) is 0 Å². The molecule has 0 aliphatic rings.